The summed E-state index contributed by atoms with van der Waals surface area (Å²) in [5.41, 5.74) is 2.55. The average Bonchev–Trinajstić information content (AvgIpc) is 3.72. The summed E-state index contributed by atoms with van der Waals surface area (Å²) in [6, 6.07) is 14.6. The van der Waals surface area contributed by atoms with Crippen LogP contribution >= 0.6 is 0 Å². The van der Waals surface area contributed by atoms with E-state index in [4.69, 9.17) is 4.99 Å². The average molecular weight is 484 g/mol. The molecule has 1 unspecified atom stereocenters. The molecule has 184 valence electrons. The molecular formula is C28H29N5O3. The fourth-order valence-corrected chi connectivity index (χ4v) is 5.70. The van der Waals surface area contributed by atoms with Gasteiger partial charge in [0.2, 0.25) is 0 Å². The highest BCUT2D eigenvalue weighted by Crippen LogP contribution is 2.46. The number of likely N-dealkylation sites (tertiary alicyclic amines) is 1. The standard InChI is InChI=1S/C28H29N5O3/c1-31-23-7-6-21(14-22(23)15-29-31)19-2-4-20(5-3-19)24-30-27(9-10-27)25(34)33(24)17-18-8-13-32(16-18)26(35)28(36)11-12-28/h2-7,14-15,18,36H,8-13,16-17H2,1H3. The molecule has 1 atom stereocenters. The molecular weight excluding hydrogens is 454 g/mol. The number of aryl methyl sites for hydroxylation is 1. The second-order valence-electron chi connectivity index (χ2n) is 10.9. The van der Waals surface area contributed by atoms with E-state index in [2.05, 4.69) is 47.6 Å². The van der Waals surface area contributed by atoms with Crippen molar-refractivity contribution in [3.63, 3.8) is 0 Å². The van der Waals surface area contributed by atoms with E-state index >= 15 is 0 Å². The van der Waals surface area contributed by atoms with Crippen LogP contribution in [-0.2, 0) is 16.6 Å². The molecule has 0 radical (unpaired) electrons. The maximum atomic E-state index is 13.3. The van der Waals surface area contributed by atoms with Crippen LogP contribution < -0.4 is 0 Å². The molecule has 8 nitrogen and oxygen atoms in total. The topological polar surface area (TPSA) is 91.0 Å². The van der Waals surface area contributed by atoms with E-state index in [1.165, 1.54) is 0 Å². The van der Waals surface area contributed by atoms with Gasteiger partial charge in [-0.1, -0.05) is 30.3 Å². The van der Waals surface area contributed by atoms with Crippen LogP contribution in [-0.4, -0.2) is 73.1 Å². The Hall–Kier alpha value is -3.52. The summed E-state index contributed by atoms with van der Waals surface area (Å²) in [5, 5.41) is 15.7. The Kier molecular flexibility index (Phi) is 4.52. The summed E-state index contributed by atoms with van der Waals surface area (Å²) in [6.07, 6.45) is 5.43. The van der Waals surface area contributed by atoms with Crippen molar-refractivity contribution in [2.75, 3.05) is 19.6 Å². The van der Waals surface area contributed by atoms with Crippen molar-refractivity contribution < 1.29 is 14.7 Å². The lowest BCUT2D eigenvalue weighted by Gasteiger charge is -2.24. The highest BCUT2D eigenvalue weighted by molar-refractivity contribution is 6.16. The lowest BCUT2D eigenvalue weighted by Crippen LogP contribution is -2.42. The predicted octanol–water partition coefficient (Wildman–Crippen LogP) is 2.74. The number of carbonyl (C=O) groups is 2. The van der Waals surface area contributed by atoms with Gasteiger partial charge in [0, 0.05) is 37.6 Å². The Balaban J connectivity index is 1.11. The third-order valence-electron chi connectivity index (χ3n) is 8.30. The van der Waals surface area contributed by atoms with Crippen molar-refractivity contribution in [1.29, 1.82) is 0 Å². The molecule has 36 heavy (non-hydrogen) atoms. The van der Waals surface area contributed by atoms with Crippen LogP contribution in [0.1, 0.15) is 37.7 Å². The van der Waals surface area contributed by atoms with Crippen LogP contribution in [0.5, 0.6) is 0 Å². The minimum absolute atomic E-state index is 0.0919. The van der Waals surface area contributed by atoms with Crippen molar-refractivity contribution in [3.05, 3.63) is 54.2 Å². The zero-order valence-corrected chi connectivity index (χ0v) is 20.4. The Morgan fingerprint density at radius 1 is 1.06 bits per heavy atom. The number of hydrogen-bond donors (Lipinski definition) is 1. The van der Waals surface area contributed by atoms with Crippen molar-refractivity contribution in [1.82, 2.24) is 19.6 Å². The first-order valence-electron chi connectivity index (χ1n) is 12.8. The van der Waals surface area contributed by atoms with E-state index in [9.17, 15) is 14.7 Å². The number of rotatable bonds is 5. The Labute approximate surface area is 209 Å². The zero-order chi connectivity index (χ0) is 24.7. The van der Waals surface area contributed by atoms with Gasteiger partial charge in [0.15, 0.2) is 0 Å². The van der Waals surface area contributed by atoms with Crippen molar-refractivity contribution in [3.8, 4) is 11.1 Å². The number of nitrogens with zero attached hydrogens (tertiary/aromatic N) is 5. The summed E-state index contributed by atoms with van der Waals surface area (Å²) in [5.74, 6) is 0.877. The second kappa shape index (κ2) is 7.49. The highest BCUT2D eigenvalue weighted by Gasteiger charge is 2.58. The molecule has 1 N–H and O–H groups in total. The molecule has 2 aliphatic carbocycles. The van der Waals surface area contributed by atoms with E-state index in [-0.39, 0.29) is 17.7 Å². The molecule has 0 bridgehead atoms. The number of amides is 2. The highest BCUT2D eigenvalue weighted by atomic mass is 16.3. The Morgan fingerprint density at radius 2 is 1.78 bits per heavy atom. The number of amidine groups is 1. The van der Waals surface area contributed by atoms with Crippen molar-refractivity contribution >= 4 is 28.6 Å². The molecule has 1 spiro atoms. The number of fused-ring (bicyclic) bond motifs is 1. The quantitative estimate of drug-likeness (QED) is 0.604. The molecule has 3 fully saturated rings. The van der Waals surface area contributed by atoms with Gasteiger partial charge in [0.1, 0.15) is 17.0 Å². The summed E-state index contributed by atoms with van der Waals surface area (Å²) in [6.45, 7) is 1.78. The minimum atomic E-state index is -1.13. The lowest BCUT2D eigenvalue weighted by molar-refractivity contribution is -0.141. The third-order valence-corrected chi connectivity index (χ3v) is 8.30. The van der Waals surface area contributed by atoms with Gasteiger partial charge in [-0.15, -0.1) is 0 Å². The van der Waals surface area contributed by atoms with Crippen molar-refractivity contribution in [2.24, 2.45) is 18.0 Å². The molecule has 2 saturated carbocycles. The fraction of sp³-hybridized carbons (Fsp3) is 0.429. The van der Waals surface area contributed by atoms with E-state index in [1.54, 1.807) is 4.90 Å². The predicted molar refractivity (Wildman–Crippen MR) is 135 cm³/mol. The molecule has 2 aromatic carbocycles. The van der Waals surface area contributed by atoms with Gasteiger partial charge in [-0.2, -0.15) is 5.10 Å². The maximum Gasteiger partial charge on any atom is 0.256 e. The van der Waals surface area contributed by atoms with Gasteiger partial charge in [0.25, 0.3) is 11.8 Å². The minimum Gasteiger partial charge on any atom is -0.380 e. The molecule has 4 aliphatic rings. The number of aromatic nitrogens is 2. The molecule has 1 saturated heterocycles. The first-order valence-corrected chi connectivity index (χ1v) is 12.8. The Morgan fingerprint density at radius 3 is 2.50 bits per heavy atom. The van der Waals surface area contributed by atoms with Crippen LogP contribution in [0.15, 0.2) is 53.7 Å². The Bertz CT molecular complexity index is 1430. The van der Waals surface area contributed by atoms with Gasteiger partial charge in [-0.25, -0.2) is 0 Å². The van der Waals surface area contributed by atoms with Crippen LogP contribution in [0.4, 0.5) is 0 Å². The van der Waals surface area contributed by atoms with Gasteiger partial charge in [-0.05, 0) is 61.3 Å². The number of hydrogen-bond acceptors (Lipinski definition) is 5. The third kappa shape index (κ3) is 3.38. The smallest absolute Gasteiger partial charge is 0.256 e. The van der Waals surface area contributed by atoms with Crippen LogP contribution in [0.2, 0.25) is 0 Å². The van der Waals surface area contributed by atoms with Gasteiger partial charge in [0.05, 0.1) is 11.7 Å². The van der Waals surface area contributed by atoms with Gasteiger partial charge < -0.3 is 10.0 Å². The van der Waals surface area contributed by atoms with Crippen LogP contribution in [0.25, 0.3) is 22.0 Å². The first-order chi connectivity index (χ1) is 17.4. The molecule has 7 rings (SSSR count). The van der Waals surface area contributed by atoms with E-state index in [0.717, 1.165) is 52.7 Å². The van der Waals surface area contributed by atoms with E-state index in [0.29, 0.717) is 32.5 Å². The van der Waals surface area contributed by atoms with Crippen molar-refractivity contribution in [2.45, 2.75) is 43.2 Å². The second-order valence-corrected chi connectivity index (χ2v) is 10.9. The summed E-state index contributed by atoms with van der Waals surface area (Å²) >= 11 is 0. The molecule has 3 aromatic rings. The molecule has 8 heteroatoms. The monoisotopic (exact) mass is 483 g/mol. The van der Waals surface area contributed by atoms with Crippen LogP contribution in [0, 0.1) is 5.92 Å². The van der Waals surface area contributed by atoms with Crippen LogP contribution in [0.3, 0.4) is 0 Å². The number of aliphatic imine (C=N–C) groups is 1. The molecule has 2 aliphatic heterocycles. The molecule has 3 heterocycles. The summed E-state index contributed by atoms with van der Waals surface area (Å²) in [4.78, 5) is 34.5. The SMILES string of the molecule is Cn1ncc2cc(-c3ccc(C4=NC5(CC5)C(=O)N4CC4CCN(C(=O)C5(O)CC5)C4)cc3)ccc21. The normalized spacial score (nSPS) is 23.6. The zero-order valence-electron chi connectivity index (χ0n) is 20.4. The van der Waals surface area contributed by atoms with E-state index in [1.807, 2.05) is 22.8 Å². The number of aliphatic hydroxyl groups is 1. The van der Waals surface area contributed by atoms with Gasteiger partial charge >= 0.3 is 0 Å². The fourth-order valence-electron chi connectivity index (χ4n) is 5.70. The molecule has 1 aromatic heterocycles. The van der Waals surface area contributed by atoms with E-state index < -0.39 is 11.1 Å². The van der Waals surface area contributed by atoms with Gasteiger partial charge in [-0.3, -0.25) is 24.2 Å². The largest absolute Gasteiger partial charge is 0.380 e. The lowest BCUT2D eigenvalue weighted by atomic mass is 10.0. The maximum absolute atomic E-state index is 13.3. The first kappa shape index (κ1) is 21.7. The number of benzene rings is 2. The molecule has 2 amide bonds. The summed E-state index contributed by atoms with van der Waals surface area (Å²) in [7, 11) is 1.94. The summed E-state index contributed by atoms with van der Waals surface area (Å²) < 4.78 is 1.87. The number of carbonyl (C=O) groups excluding carboxylic acids is 2.